The number of rotatable bonds is 4. The zero-order valence-electron chi connectivity index (χ0n) is 12.3. The van der Waals surface area contributed by atoms with Crippen LogP contribution in [-0.2, 0) is 4.74 Å². The van der Waals surface area contributed by atoms with Crippen LogP contribution < -0.4 is 5.32 Å². The maximum atomic E-state index is 8.52. The normalized spacial score (nSPS) is 18.1. The molecule has 1 aromatic carbocycles. The van der Waals surface area contributed by atoms with Crippen LogP contribution in [0.5, 0.6) is 0 Å². The Hall–Kier alpha value is -1.56. The minimum absolute atomic E-state index is 0.124. The van der Waals surface area contributed by atoms with Crippen LogP contribution in [0, 0.1) is 5.41 Å². The molecular formula is C17H19BrN3O+. The average Bonchev–Trinajstić information content (AvgIpc) is 2.57. The van der Waals surface area contributed by atoms with Gasteiger partial charge in [-0.2, -0.15) is 0 Å². The molecule has 0 radical (unpaired) electrons. The Morgan fingerprint density at radius 1 is 1.27 bits per heavy atom. The van der Waals surface area contributed by atoms with Crippen molar-refractivity contribution in [3.8, 4) is 0 Å². The molecule has 22 heavy (non-hydrogen) atoms. The summed E-state index contributed by atoms with van der Waals surface area (Å²) in [4.78, 5) is 4.31. The third kappa shape index (κ3) is 3.61. The van der Waals surface area contributed by atoms with Crippen molar-refractivity contribution in [3.63, 3.8) is 0 Å². The Kier molecular flexibility index (Phi) is 4.97. The summed E-state index contributed by atoms with van der Waals surface area (Å²) in [6.45, 7) is 0.816. The molecule has 1 unspecified atom stereocenters. The largest absolute Gasteiger partial charge is 0.329 e. The summed E-state index contributed by atoms with van der Waals surface area (Å²) < 4.78 is 6.53. The number of halogens is 1. The number of nitrogens with two attached hydrogens (primary N) is 1. The number of hydrogen-bond donors (Lipinski definition) is 2. The van der Waals surface area contributed by atoms with Gasteiger partial charge in [-0.3, -0.25) is 10.7 Å². The maximum absolute atomic E-state index is 8.52. The fourth-order valence-corrected chi connectivity index (χ4v) is 2.98. The summed E-state index contributed by atoms with van der Waals surface area (Å²) in [6.07, 6.45) is 5.30. The molecule has 1 saturated heterocycles. The lowest BCUT2D eigenvalue weighted by atomic mass is 10.0. The Labute approximate surface area is 138 Å². The molecule has 1 aliphatic heterocycles. The first-order valence-electron chi connectivity index (χ1n) is 7.50. The van der Waals surface area contributed by atoms with Crippen LogP contribution in [0.15, 0.2) is 47.2 Å². The smallest absolute Gasteiger partial charge is 0.194 e. The van der Waals surface area contributed by atoms with Crippen molar-refractivity contribution in [2.45, 2.75) is 25.5 Å². The molecule has 114 valence electrons. The van der Waals surface area contributed by atoms with Crippen molar-refractivity contribution in [1.29, 1.82) is 5.41 Å². The number of nitrogens with one attached hydrogen (secondary N) is 1. The van der Waals surface area contributed by atoms with Crippen molar-refractivity contribution < 1.29 is 10.1 Å². The summed E-state index contributed by atoms with van der Waals surface area (Å²) in [5, 5.41) is 10.6. The van der Waals surface area contributed by atoms with E-state index in [1.165, 1.54) is 6.42 Å². The number of aromatic nitrogens is 1. The van der Waals surface area contributed by atoms with Gasteiger partial charge >= 0.3 is 0 Å². The van der Waals surface area contributed by atoms with Crippen molar-refractivity contribution in [2.75, 3.05) is 6.61 Å². The van der Waals surface area contributed by atoms with Gasteiger partial charge in [0.1, 0.15) is 4.60 Å². The van der Waals surface area contributed by atoms with E-state index in [-0.39, 0.29) is 6.23 Å². The molecular weight excluding hydrogens is 342 g/mol. The monoisotopic (exact) mass is 360 g/mol. The molecule has 3 rings (SSSR count). The molecule has 1 atom stereocenters. The first-order chi connectivity index (χ1) is 10.7. The number of hydrogen-bond acceptors (Lipinski definition) is 3. The minimum atomic E-state index is 0.124. The molecule has 4 nitrogen and oxygen atoms in total. The molecule has 5 heteroatoms. The molecule has 1 aliphatic rings. The summed E-state index contributed by atoms with van der Waals surface area (Å²) in [5.41, 5.74) is 3.25. The topological polar surface area (TPSA) is 62.6 Å². The van der Waals surface area contributed by atoms with Crippen LogP contribution in [0.2, 0.25) is 0 Å². The fourth-order valence-electron chi connectivity index (χ4n) is 2.65. The van der Waals surface area contributed by atoms with E-state index < -0.39 is 0 Å². The van der Waals surface area contributed by atoms with Gasteiger partial charge in [0.15, 0.2) is 11.9 Å². The van der Waals surface area contributed by atoms with E-state index in [4.69, 9.17) is 10.1 Å². The number of benzene rings is 1. The average molecular weight is 361 g/mol. The maximum Gasteiger partial charge on any atom is 0.194 e. The summed E-state index contributed by atoms with van der Waals surface area (Å²) in [6, 6.07) is 11.7. The third-order valence-electron chi connectivity index (χ3n) is 3.81. The molecule has 0 aliphatic carbocycles. The summed E-state index contributed by atoms with van der Waals surface area (Å²) >= 11 is 3.41. The van der Waals surface area contributed by atoms with E-state index >= 15 is 0 Å². The molecule has 0 bridgehead atoms. The van der Waals surface area contributed by atoms with E-state index in [9.17, 15) is 0 Å². The van der Waals surface area contributed by atoms with Crippen LogP contribution in [0.1, 0.15) is 30.4 Å². The lowest BCUT2D eigenvalue weighted by Crippen LogP contribution is -2.86. The predicted octanol–water partition coefficient (Wildman–Crippen LogP) is 2.98. The molecule has 0 amide bonds. The van der Waals surface area contributed by atoms with Gasteiger partial charge in [0.2, 0.25) is 0 Å². The SMILES string of the molecule is N=C(c1ccccc1)c1cc(Br)ncc1[NH2+]C1CCCCO1. The van der Waals surface area contributed by atoms with Gasteiger partial charge < -0.3 is 4.74 Å². The van der Waals surface area contributed by atoms with Gasteiger partial charge in [-0.25, -0.2) is 4.98 Å². The van der Waals surface area contributed by atoms with E-state index in [1.807, 2.05) is 42.6 Å². The predicted molar refractivity (Wildman–Crippen MR) is 89.5 cm³/mol. The number of quaternary nitrogens is 1. The molecule has 1 fully saturated rings. The van der Waals surface area contributed by atoms with Crippen LogP contribution in [0.4, 0.5) is 5.69 Å². The molecule has 2 heterocycles. The van der Waals surface area contributed by atoms with Crippen LogP contribution >= 0.6 is 15.9 Å². The highest BCUT2D eigenvalue weighted by Gasteiger charge is 2.21. The molecule has 0 saturated carbocycles. The van der Waals surface area contributed by atoms with Gasteiger partial charge in [-0.05, 0) is 34.8 Å². The van der Waals surface area contributed by atoms with E-state index in [2.05, 4.69) is 26.2 Å². The molecule has 2 aromatic rings. The van der Waals surface area contributed by atoms with Gasteiger partial charge in [0, 0.05) is 12.0 Å². The minimum Gasteiger partial charge on any atom is -0.329 e. The standard InChI is InChI=1S/C17H18BrN3O/c18-15-10-13(17(19)12-6-2-1-3-7-12)14(11-20-15)21-16-8-4-5-9-22-16/h1-3,6-7,10-11,16,19,21H,4-5,8-9H2/p+1. The quantitative estimate of drug-likeness (QED) is 0.650. The van der Waals surface area contributed by atoms with Gasteiger partial charge in [0.25, 0.3) is 0 Å². The Morgan fingerprint density at radius 2 is 2.09 bits per heavy atom. The second kappa shape index (κ2) is 7.13. The first kappa shape index (κ1) is 15.3. The number of nitrogens with zero attached hydrogens (tertiary/aromatic N) is 1. The molecule has 0 spiro atoms. The van der Waals surface area contributed by atoms with Gasteiger partial charge in [-0.1, -0.05) is 30.3 Å². The van der Waals surface area contributed by atoms with Crippen LogP contribution in [-0.4, -0.2) is 23.5 Å². The molecule has 1 aromatic heterocycles. The van der Waals surface area contributed by atoms with E-state index in [0.29, 0.717) is 5.71 Å². The van der Waals surface area contributed by atoms with Gasteiger partial charge in [-0.15, -0.1) is 0 Å². The third-order valence-corrected chi connectivity index (χ3v) is 4.25. The fraction of sp³-hybridized carbons (Fsp3) is 0.294. The Bertz CT molecular complexity index is 654. The lowest BCUT2D eigenvalue weighted by Gasteiger charge is -2.21. The highest BCUT2D eigenvalue weighted by atomic mass is 79.9. The number of ether oxygens (including phenoxy) is 1. The van der Waals surface area contributed by atoms with Gasteiger partial charge in [0.05, 0.1) is 24.1 Å². The second-order valence-electron chi connectivity index (χ2n) is 5.41. The van der Waals surface area contributed by atoms with E-state index in [1.54, 1.807) is 0 Å². The lowest BCUT2D eigenvalue weighted by molar-refractivity contribution is -0.660. The van der Waals surface area contributed by atoms with Crippen LogP contribution in [0.3, 0.4) is 0 Å². The Balaban J connectivity index is 1.89. The summed E-state index contributed by atoms with van der Waals surface area (Å²) in [7, 11) is 0. The zero-order chi connectivity index (χ0) is 15.4. The highest BCUT2D eigenvalue weighted by molar-refractivity contribution is 9.10. The Morgan fingerprint density at radius 3 is 2.82 bits per heavy atom. The van der Waals surface area contributed by atoms with Crippen LogP contribution in [0.25, 0.3) is 0 Å². The zero-order valence-corrected chi connectivity index (χ0v) is 13.8. The van der Waals surface area contributed by atoms with Crippen molar-refractivity contribution >= 4 is 27.3 Å². The van der Waals surface area contributed by atoms with Crippen molar-refractivity contribution in [1.82, 2.24) is 4.98 Å². The first-order valence-corrected chi connectivity index (χ1v) is 8.30. The second-order valence-corrected chi connectivity index (χ2v) is 6.22. The van der Waals surface area contributed by atoms with Crippen molar-refractivity contribution in [3.05, 3.63) is 58.3 Å². The molecule has 3 N–H and O–H groups in total. The van der Waals surface area contributed by atoms with E-state index in [0.717, 1.165) is 40.9 Å². The number of pyridine rings is 1. The van der Waals surface area contributed by atoms with Crippen molar-refractivity contribution in [2.24, 2.45) is 0 Å². The summed E-state index contributed by atoms with van der Waals surface area (Å²) in [5.74, 6) is 0. The highest BCUT2D eigenvalue weighted by Crippen LogP contribution is 2.19.